The van der Waals surface area contributed by atoms with Gasteiger partial charge in [0.05, 0.1) is 6.54 Å². The molecule has 0 aliphatic carbocycles. The van der Waals surface area contributed by atoms with E-state index in [0.717, 1.165) is 0 Å². The minimum atomic E-state index is -4.34. The van der Waals surface area contributed by atoms with Crippen LogP contribution in [0.1, 0.15) is 0 Å². The second-order valence-corrected chi connectivity index (χ2v) is 3.35. The van der Waals surface area contributed by atoms with Gasteiger partial charge in [0.15, 0.2) is 0 Å². The van der Waals surface area contributed by atoms with Crippen LogP contribution in [0.3, 0.4) is 0 Å². The van der Waals surface area contributed by atoms with Gasteiger partial charge in [-0.2, -0.15) is 0 Å². The van der Waals surface area contributed by atoms with Crippen LogP contribution in [-0.2, 0) is 9.36 Å². The van der Waals surface area contributed by atoms with Gasteiger partial charge in [0, 0.05) is 6.16 Å². The first kappa shape index (κ1) is 14.7. The van der Waals surface area contributed by atoms with Gasteiger partial charge in [-0.05, 0) is 0 Å². The van der Waals surface area contributed by atoms with Gasteiger partial charge in [-0.3, -0.25) is 10.0 Å². The average molecular weight is 207 g/mol. The molecule has 11 heavy (non-hydrogen) atoms. The number of hydrogen-bond acceptors (Lipinski definition) is 4. The average Bonchev–Trinajstić information content (AvgIpc) is 1.81. The molecule has 0 rings (SSSR count). The number of hydroxylamine groups is 2. The van der Waals surface area contributed by atoms with Crippen LogP contribution < -0.4 is 56.3 Å². The van der Waals surface area contributed by atoms with Crippen LogP contribution in [0.25, 0.3) is 0 Å². The number of hydrogen-bond donors (Lipinski definition) is 2. The largest absolute Gasteiger partial charge is 1.00 e. The van der Waals surface area contributed by atoms with Crippen molar-refractivity contribution in [3.05, 3.63) is 0 Å². The van der Waals surface area contributed by atoms with E-state index in [-0.39, 0.29) is 62.9 Å². The summed E-state index contributed by atoms with van der Waals surface area (Å²) in [6.45, 7) is -0.416. The summed E-state index contributed by atoms with van der Waals surface area (Å²) in [5.41, 5.74) is 0. The molecule has 0 radical (unpaired) electrons. The Bertz CT molecular complexity index is 158. The Morgan fingerprint density at radius 2 is 2.09 bits per heavy atom. The summed E-state index contributed by atoms with van der Waals surface area (Å²) < 4.78 is 9.98. The third-order valence-electron chi connectivity index (χ3n) is 0.733. The Morgan fingerprint density at radius 1 is 1.64 bits per heavy atom. The predicted octanol–water partition coefficient (Wildman–Crippen LogP) is -4.62. The maximum Gasteiger partial charge on any atom is 1.00 e. The zero-order chi connectivity index (χ0) is 8.20. The summed E-state index contributed by atoms with van der Waals surface area (Å²) >= 11 is 0. The second kappa shape index (κ2) is 6.70. The van der Waals surface area contributed by atoms with Crippen LogP contribution in [0.2, 0.25) is 0 Å². The number of carbonyl (C=O) groups excluding carboxylic acids is 1. The molecular formula is C3H7KNO5P. The fourth-order valence-electron chi connectivity index (χ4n) is 0.282. The molecule has 0 heterocycles. The monoisotopic (exact) mass is 207 g/mol. The first-order chi connectivity index (χ1) is 4.45. The normalized spacial score (nSPS) is 14.5. The fraction of sp³-hybridized carbons (Fsp3) is 0.667. The topological polar surface area (TPSA) is 101 Å². The van der Waals surface area contributed by atoms with Crippen molar-refractivity contribution in [1.29, 1.82) is 0 Å². The van der Waals surface area contributed by atoms with Crippen LogP contribution >= 0.6 is 7.60 Å². The molecule has 0 aliphatic rings. The molecule has 0 aliphatic heterocycles. The van der Waals surface area contributed by atoms with E-state index in [1.165, 1.54) is 0 Å². The zero-order valence-electron chi connectivity index (χ0n) is 6.01. The zero-order valence-corrected chi connectivity index (χ0v) is 10.0. The van der Waals surface area contributed by atoms with E-state index in [2.05, 4.69) is 0 Å². The van der Waals surface area contributed by atoms with Crippen molar-refractivity contribution in [3.8, 4) is 0 Å². The molecule has 0 aromatic carbocycles. The minimum Gasteiger partial charge on any atom is -0.779 e. The third kappa shape index (κ3) is 11.2. The van der Waals surface area contributed by atoms with Gasteiger partial charge in [0.25, 0.3) is 0 Å². The van der Waals surface area contributed by atoms with Crippen molar-refractivity contribution in [1.82, 2.24) is 5.06 Å². The van der Waals surface area contributed by atoms with E-state index in [9.17, 15) is 14.3 Å². The Kier molecular flexibility index (Phi) is 8.97. The third-order valence-corrected chi connectivity index (χ3v) is 1.50. The summed E-state index contributed by atoms with van der Waals surface area (Å²) in [4.78, 5) is 27.7. The maximum absolute atomic E-state index is 9.98. The molecule has 8 heteroatoms. The van der Waals surface area contributed by atoms with Crippen molar-refractivity contribution >= 4 is 14.0 Å². The molecule has 0 fully saturated rings. The second-order valence-electron chi connectivity index (χ2n) is 1.63. The molecule has 0 bridgehead atoms. The molecule has 0 aromatic rings. The molecule has 1 atom stereocenters. The fourth-order valence-corrected chi connectivity index (χ4v) is 0.739. The quantitative estimate of drug-likeness (QED) is 0.159. The van der Waals surface area contributed by atoms with Crippen molar-refractivity contribution in [2.24, 2.45) is 0 Å². The number of carbonyl (C=O) groups is 1. The molecule has 1 amide bonds. The molecule has 0 spiro atoms. The molecule has 1 unspecified atom stereocenters. The van der Waals surface area contributed by atoms with Gasteiger partial charge < -0.3 is 14.4 Å². The first-order valence-corrected chi connectivity index (χ1v) is 4.15. The Balaban J connectivity index is 0. The van der Waals surface area contributed by atoms with Gasteiger partial charge in [-0.15, -0.1) is 0 Å². The number of rotatable bonds is 4. The first-order valence-electron chi connectivity index (χ1n) is 2.39. The van der Waals surface area contributed by atoms with E-state index in [1.807, 2.05) is 0 Å². The smallest absolute Gasteiger partial charge is 0.779 e. The van der Waals surface area contributed by atoms with Crippen molar-refractivity contribution < 1.29 is 75.7 Å². The SMILES string of the molecule is O=CN(O)CCP(=O)([O-])O.[K+]. The van der Waals surface area contributed by atoms with E-state index in [4.69, 9.17) is 10.1 Å². The van der Waals surface area contributed by atoms with Crippen LogP contribution in [0.15, 0.2) is 0 Å². The summed E-state index contributed by atoms with van der Waals surface area (Å²) in [7, 11) is -4.34. The Hall–Kier alpha value is 1.22. The van der Waals surface area contributed by atoms with Crippen molar-refractivity contribution in [2.45, 2.75) is 0 Å². The summed E-state index contributed by atoms with van der Waals surface area (Å²) in [6.07, 6.45) is -0.585. The molecule has 6 nitrogen and oxygen atoms in total. The van der Waals surface area contributed by atoms with Crippen LogP contribution in [0.4, 0.5) is 0 Å². The van der Waals surface area contributed by atoms with Gasteiger partial charge >= 0.3 is 51.4 Å². The summed E-state index contributed by atoms with van der Waals surface area (Å²) in [5.74, 6) is 0. The molecule has 0 aromatic heterocycles. The van der Waals surface area contributed by atoms with Crippen LogP contribution in [-0.4, -0.2) is 34.3 Å². The van der Waals surface area contributed by atoms with E-state index < -0.39 is 20.3 Å². The van der Waals surface area contributed by atoms with Gasteiger partial charge in [0.1, 0.15) is 7.60 Å². The Labute approximate surface area is 106 Å². The maximum atomic E-state index is 9.98. The van der Waals surface area contributed by atoms with Gasteiger partial charge in [-0.25, -0.2) is 5.06 Å². The van der Waals surface area contributed by atoms with Gasteiger partial charge in [0.2, 0.25) is 6.41 Å². The van der Waals surface area contributed by atoms with Crippen LogP contribution in [0, 0.1) is 0 Å². The van der Waals surface area contributed by atoms with Crippen molar-refractivity contribution in [3.63, 3.8) is 0 Å². The van der Waals surface area contributed by atoms with Gasteiger partial charge in [-0.1, -0.05) is 0 Å². The van der Waals surface area contributed by atoms with E-state index in [0.29, 0.717) is 0 Å². The van der Waals surface area contributed by atoms with E-state index in [1.54, 1.807) is 0 Å². The number of amides is 1. The van der Waals surface area contributed by atoms with Crippen molar-refractivity contribution in [2.75, 3.05) is 12.7 Å². The molecular weight excluding hydrogens is 200 g/mol. The molecule has 0 saturated carbocycles. The Morgan fingerprint density at radius 3 is 2.36 bits per heavy atom. The van der Waals surface area contributed by atoms with Crippen LogP contribution in [0.5, 0.6) is 0 Å². The number of nitrogens with zero attached hydrogens (tertiary/aromatic N) is 1. The minimum absolute atomic E-state index is 0. The molecule has 2 N–H and O–H groups in total. The molecule has 0 saturated heterocycles. The standard InChI is InChI=1S/C3H8NO5P.K/c5-3-4(6)1-2-10(7,8)9;/h3,6H,1-2H2,(H2,7,8,9);/q;+1/p-1. The predicted molar refractivity (Wildman–Crippen MR) is 29.2 cm³/mol. The van der Waals surface area contributed by atoms with E-state index >= 15 is 0 Å². The summed E-state index contributed by atoms with van der Waals surface area (Å²) in [5, 5.41) is 8.46. The summed E-state index contributed by atoms with van der Waals surface area (Å²) in [6, 6.07) is 0. The molecule has 60 valence electrons.